The molecule has 2 aliphatic rings. The topological polar surface area (TPSA) is 100 Å². The van der Waals surface area contributed by atoms with Gasteiger partial charge in [-0.15, -0.1) is 0 Å². The smallest absolute Gasteiger partial charge is 0.258 e. The van der Waals surface area contributed by atoms with Crippen LogP contribution in [0.2, 0.25) is 0 Å². The van der Waals surface area contributed by atoms with Crippen LogP contribution in [0.15, 0.2) is 23.1 Å². The summed E-state index contributed by atoms with van der Waals surface area (Å²) in [7, 11) is 0. The molecule has 0 radical (unpaired) electrons. The first-order chi connectivity index (χ1) is 14.4. The maximum absolute atomic E-state index is 13.4. The quantitative estimate of drug-likeness (QED) is 0.653. The van der Waals surface area contributed by atoms with Gasteiger partial charge < -0.3 is 19.5 Å². The van der Waals surface area contributed by atoms with E-state index in [1.807, 2.05) is 4.90 Å². The summed E-state index contributed by atoms with van der Waals surface area (Å²) < 4.78 is 19.2. The second-order valence-corrected chi connectivity index (χ2v) is 8.10. The summed E-state index contributed by atoms with van der Waals surface area (Å²) >= 11 is 0. The van der Waals surface area contributed by atoms with Gasteiger partial charge in [-0.2, -0.15) is 4.39 Å². The first-order valence-electron chi connectivity index (χ1n) is 9.98. The lowest BCUT2D eigenvalue weighted by Crippen LogP contribution is -2.49. The minimum Gasteiger partial charge on any atom is -0.442 e. The number of aromatic nitrogens is 4. The van der Waals surface area contributed by atoms with Crippen molar-refractivity contribution in [2.24, 2.45) is 0 Å². The van der Waals surface area contributed by atoms with Crippen LogP contribution in [0.3, 0.4) is 0 Å². The lowest BCUT2D eigenvalue weighted by molar-refractivity contribution is 0.0746. The standard InChI is InChI=1S/C20H22FN7O2/c1-12-15(16-17(26-20(2)3-4-20)24-11-25-18(16)30-12)19(29)28-7-5-27(6-8-28)14-9-13(21)22-10-23-14/h9-11H,3-8H2,1-2H3,(H,24,25,26). The number of aryl methyl sites for hydroxylation is 1. The molecule has 1 N–H and O–H groups in total. The first-order valence-corrected chi connectivity index (χ1v) is 9.98. The number of fused-ring (bicyclic) bond motifs is 1. The van der Waals surface area contributed by atoms with E-state index in [1.165, 1.54) is 18.7 Å². The summed E-state index contributed by atoms with van der Waals surface area (Å²) in [5.74, 6) is 1.01. The minimum absolute atomic E-state index is 0.00517. The molecule has 9 nitrogen and oxygen atoms in total. The Hall–Kier alpha value is -3.30. The zero-order chi connectivity index (χ0) is 20.9. The summed E-state index contributed by atoms with van der Waals surface area (Å²) in [6.07, 6.45) is 4.78. The highest BCUT2D eigenvalue weighted by Crippen LogP contribution is 2.40. The summed E-state index contributed by atoms with van der Waals surface area (Å²) in [5, 5.41) is 4.07. The van der Waals surface area contributed by atoms with E-state index in [0.717, 1.165) is 12.8 Å². The Kier molecular flexibility index (Phi) is 4.30. The molecule has 0 spiro atoms. The summed E-state index contributed by atoms with van der Waals surface area (Å²) in [4.78, 5) is 33.3. The molecule has 4 heterocycles. The van der Waals surface area contributed by atoms with Gasteiger partial charge in [-0.25, -0.2) is 19.9 Å². The van der Waals surface area contributed by atoms with Gasteiger partial charge >= 0.3 is 0 Å². The van der Waals surface area contributed by atoms with Gasteiger partial charge in [-0.05, 0) is 26.7 Å². The molecule has 156 valence electrons. The van der Waals surface area contributed by atoms with Gasteiger partial charge in [-0.3, -0.25) is 4.79 Å². The molecule has 1 amide bonds. The number of hydrogen-bond acceptors (Lipinski definition) is 8. The molecule has 3 aromatic heterocycles. The molecule has 5 rings (SSSR count). The van der Waals surface area contributed by atoms with Crippen molar-refractivity contribution in [3.05, 3.63) is 36.0 Å². The number of carbonyl (C=O) groups excluding carboxylic acids is 1. The third-order valence-electron chi connectivity index (χ3n) is 5.81. The maximum Gasteiger partial charge on any atom is 0.258 e. The number of nitrogens with zero attached hydrogens (tertiary/aromatic N) is 6. The van der Waals surface area contributed by atoms with Crippen molar-refractivity contribution in [3.63, 3.8) is 0 Å². The number of nitrogens with one attached hydrogen (secondary N) is 1. The van der Waals surface area contributed by atoms with Crippen molar-refractivity contribution < 1.29 is 13.6 Å². The Morgan fingerprint density at radius 3 is 2.57 bits per heavy atom. The van der Waals surface area contributed by atoms with E-state index < -0.39 is 5.95 Å². The molecule has 1 saturated carbocycles. The Labute approximate surface area is 172 Å². The predicted octanol–water partition coefficient (Wildman–Crippen LogP) is 2.39. The van der Waals surface area contributed by atoms with Gasteiger partial charge in [0, 0.05) is 37.8 Å². The summed E-state index contributed by atoms with van der Waals surface area (Å²) in [6.45, 7) is 5.99. The van der Waals surface area contributed by atoms with Crippen LogP contribution in [0, 0.1) is 12.9 Å². The number of carbonyl (C=O) groups is 1. The monoisotopic (exact) mass is 411 g/mol. The minimum atomic E-state index is -0.566. The van der Waals surface area contributed by atoms with Crippen LogP contribution in [0.5, 0.6) is 0 Å². The highest BCUT2D eigenvalue weighted by molar-refractivity contribution is 6.10. The van der Waals surface area contributed by atoms with Gasteiger partial charge in [0.2, 0.25) is 11.7 Å². The van der Waals surface area contributed by atoms with Crippen LogP contribution in [0.1, 0.15) is 35.9 Å². The van der Waals surface area contributed by atoms with Crippen LogP contribution in [-0.4, -0.2) is 62.5 Å². The van der Waals surface area contributed by atoms with Crippen molar-refractivity contribution >= 4 is 28.6 Å². The third-order valence-corrected chi connectivity index (χ3v) is 5.81. The van der Waals surface area contributed by atoms with E-state index in [2.05, 4.69) is 32.2 Å². The SMILES string of the molecule is Cc1oc2ncnc(NC3(C)CC3)c2c1C(=O)N1CCN(c2cc(F)ncn2)CC1. The molecule has 30 heavy (non-hydrogen) atoms. The lowest BCUT2D eigenvalue weighted by Gasteiger charge is -2.35. The highest BCUT2D eigenvalue weighted by Gasteiger charge is 2.39. The molecule has 10 heteroatoms. The number of anilines is 2. The number of rotatable bonds is 4. The average Bonchev–Trinajstić information content (AvgIpc) is 3.36. The van der Waals surface area contributed by atoms with E-state index in [1.54, 1.807) is 11.8 Å². The molecular formula is C20H22FN7O2. The molecule has 3 aromatic rings. The zero-order valence-corrected chi connectivity index (χ0v) is 16.9. The molecule has 1 aliphatic carbocycles. The number of hydrogen-bond donors (Lipinski definition) is 1. The summed E-state index contributed by atoms with van der Waals surface area (Å²) in [5.41, 5.74) is 0.914. The van der Waals surface area contributed by atoms with Crippen LogP contribution in [0.4, 0.5) is 16.0 Å². The van der Waals surface area contributed by atoms with Crippen LogP contribution in [-0.2, 0) is 0 Å². The Morgan fingerprint density at radius 1 is 1.13 bits per heavy atom. The largest absolute Gasteiger partial charge is 0.442 e. The second kappa shape index (κ2) is 6.89. The van der Waals surface area contributed by atoms with Crippen molar-refractivity contribution in [3.8, 4) is 0 Å². The predicted molar refractivity (Wildman–Crippen MR) is 108 cm³/mol. The van der Waals surface area contributed by atoms with Gasteiger partial charge in [0.25, 0.3) is 5.91 Å². The van der Waals surface area contributed by atoms with Gasteiger partial charge in [0.1, 0.15) is 30.1 Å². The fraction of sp³-hybridized carbons (Fsp3) is 0.450. The van der Waals surface area contributed by atoms with E-state index in [0.29, 0.717) is 60.2 Å². The fourth-order valence-corrected chi connectivity index (χ4v) is 3.79. The van der Waals surface area contributed by atoms with Crippen molar-refractivity contribution in [1.82, 2.24) is 24.8 Å². The molecular weight excluding hydrogens is 389 g/mol. The molecule has 0 unspecified atom stereocenters. The molecule has 0 bridgehead atoms. The second-order valence-electron chi connectivity index (χ2n) is 8.10. The Balaban J connectivity index is 1.39. The normalized spacial score (nSPS) is 18.0. The van der Waals surface area contributed by atoms with E-state index >= 15 is 0 Å². The molecule has 0 aromatic carbocycles. The van der Waals surface area contributed by atoms with Crippen LogP contribution in [0.25, 0.3) is 11.1 Å². The van der Waals surface area contributed by atoms with Crippen molar-refractivity contribution in [2.75, 3.05) is 36.4 Å². The molecule has 1 aliphatic heterocycles. The van der Waals surface area contributed by atoms with Crippen molar-refractivity contribution in [2.45, 2.75) is 32.2 Å². The summed E-state index contributed by atoms with van der Waals surface area (Å²) in [6, 6.07) is 1.30. The van der Waals surface area contributed by atoms with Gasteiger partial charge in [0.15, 0.2) is 0 Å². The van der Waals surface area contributed by atoms with Gasteiger partial charge in [-0.1, -0.05) is 0 Å². The van der Waals surface area contributed by atoms with Crippen LogP contribution < -0.4 is 10.2 Å². The fourth-order valence-electron chi connectivity index (χ4n) is 3.79. The molecule has 0 atom stereocenters. The number of amides is 1. The Morgan fingerprint density at radius 2 is 1.87 bits per heavy atom. The van der Waals surface area contributed by atoms with E-state index in [9.17, 15) is 9.18 Å². The zero-order valence-electron chi connectivity index (χ0n) is 16.9. The average molecular weight is 411 g/mol. The number of halogens is 1. The maximum atomic E-state index is 13.4. The number of furan rings is 1. The van der Waals surface area contributed by atoms with E-state index in [-0.39, 0.29) is 11.4 Å². The number of piperazine rings is 1. The third kappa shape index (κ3) is 3.31. The molecule has 1 saturated heterocycles. The van der Waals surface area contributed by atoms with Crippen molar-refractivity contribution in [1.29, 1.82) is 0 Å². The lowest BCUT2D eigenvalue weighted by atomic mass is 10.1. The van der Waals surface area contributed by atoms with Gasteiger partial charge in [0.05, 0.1) is 10.9 Å². The van der Waals surface area contributed by atoms with Crippen LogP contribution >= 0.6 is 0 Å². The molecule has 2 fully saturated rings. The van der Waals surface area contributed by atoms with E-state index in [4.69, 9.17) is 4.42 Å². The highest BCUT2D eigenvalue weighted by atomic mass is 19.1. The first kappa shape index (κ1) is 18.7. The Bertz CT molecular complexity index is 1120.